The zero-order valence-corrected chi connectivity index (χ0v) is 10.1. The summed E-state index contributed by atoms with van der Waals surface area (Å²) >= 11 is 3.33. The first-order chi connectivity index (χ1) is 7.69. The molecule has 0 saturated carbocycles. The summed E-state index contributed by atoms with van der Waals surface area (Å²) in [6, 6.07) is 3.50. The van der Waals surface area contributed by atoms with Crippen LogP contribution in [-0.4, -0.2) is 21.2 Å². The highest BCUT2D eigenvalue weighted by Gasteiger charge is 2.05. The molecule has 2 heterocycles. The summed E-state index contributed by atoms with van der Waals surface area (Å²) in [6.07, 6.45) is 4.05. The number of aromatic nitrogens is 3. The van der Waals surface area contributed by atoms with Crippen molar-refractivity contribution in [2.75, 3.05) is 0 Å². The normalized spacial score (nSPS) is 10.1. The van der Waals surface area contributed by atoms with Crippen molar-refractivity contribution in [3.05, 3.63) is 40.4 Å². The third-order valence-electron chi connectivity index (χ3n) is 1.96. The van der Waals surface area contributed by atoms with Crippen LogP contribution in [0.25, 0.3) is 11.4 Å². The minimum Gasteiger partial charge on any atom is -0.296 e. The van der Waals surface area contributed by atoms with Crippen LogP contribution in [-0.2, 0) is 0 Å². The summed E-state index contributed by atoms with van der Waals surface area (Å²) in [5.41, 5.74) is 1.91. The van der Waals surface area contributed by atoms with E-state index in [1.54, 1.807) is 18.5 Å². The van der Waals surface area contributed by atoms with Crippen LogP contribution in [0.2, 0.25) is 0 Å². The number of aldehydes is 1. The summed E-state index contributed by atoms with van der Waals surface area (Å²) in [6.45, 7) is 1.82. The number of halogens is 1. The summed E-state index contributed by atoms with van der Waals surface area (Å²) < 4.78 is 0.850. The summed E-state index contributed by atoms with van der Waals surface area (Å²) in [5, 5.41) is 0. The van der Waals surface area contributed by atoms with Crippen molar-refractivity contribution < 1.29 is 4.79 Å². The van der Waals surface area contributed by atoms with Gasteiger partial charge in [-0.1, -0.05) is 0 Å². The van der Waals surface area contributed by atoms with E-state index in [4.69, 9.17) is 0 Å². The number of rotatable bonds is 2. The van der Waals surface area contributed by atoms with Crippen LogP contribution in [0.4, 0.5) is 0 Å². The number of hydrogen-bond acceptors (Lipinski definition) is 4. The van der Waals surface area contributed by atoms with E-state index in [1.807, 2.05) is 13.0 Å². The molecule has 80 valence electrons. The maximum absolute atomic E-state index is 10.7. The third-order valence-corrected chi connectivity index (χ3v) is 2.39. The van der Waals surface area contributed by atoms with Crippen LogP contribution >= 0.6 is 15.9 Å². The van der Waals surface area contributed by atoms with Gasteiger partial charge in [-0.2, -0.15) is 0 Å². The minimum atomic E-state index is 0.377. The fourth-order valence-corrected chi connectivity index (χ4v) is 1.68. The van der Waals surface area contributed by atoms with Gasteiger partial charge < -0.3 is 0 Å². The van der Waals surface area contributed by atoms with Gasteiger partial charge in [-0.25, -0.2) is 9.97 Å². The number of carbonyl (C=O) groups excluding carboxylic acids is 1. The summed E-state index contributed by atoms with van der Waals surface area (Å²) in [4.78, 5) is 23.1. The van der Waals surface area contributed by atoms with Crippen LogP contribution < -0.4 is 0 Å². The Kier molecular flexibility index (Phi) is 3.05. The molecule has 0 bridgehead atoms. The van der Waals surface area contributed by atoms with Crippen LogP contribution in [0.3, 0.4) is 0 Å². The first kappa shape index (κ1) is 10.9. The highest BCUT2D eigenvalue weighted by atomic mass is 79.9. The van der Waals surface area contributed by atoms with Crippen LogP contribution in [0.1, 0.15) is 16.2 Å². The van der Waals surface area contributed by atoms with E-state index in [0.717, 1.165) is 15.7 Å². The van der Waals surface area contributed by atoms with Crippen LogP contribution in [0.15, 0.2) is 29.0 Å². The zero-order chi connectivity index (χ0) is 11.5. The fourth-order valence-electron chi connectivity index (χ4n) is 1.32. The average molecular weight is 278 g/mol. The van der Waals surface area contributed by atoms with Crippen molar-refractivity contribution >= 4 is 22.2 Å². The van der Waals surface area contributed by atoms with Gasteiger partial charge in [0.2, 0.25) is 0 Å². The molecule has 0 aliphatic carbocycles. The second-order valence-electron chi connectivity index (χ2n) is 3.27. The van der Waals surface area contributed by atoms with Crippen molar-refractivity contribution in [3.8, 4) is 11.4 Å². The maximum atomic E-state index is 10.7. The molecule has 5 heteroatoms. The number of aryl methyl sites for hydroxylation is 1. The fraction of sp³-hybridized carbons (Fsp3) is 0.0909. The predicted molar refractivity (Wildman–Crippen MR) is 63.1 cm³/mol. The van der Waals surface area contributed by atoms with Gasteiger partial charge in [0.05, 0.1) is 0 Å². The molecule has 2 rings (SSSR count). The molecule has 2 aromatic heterocycles. The lowest BCUT2D eigenvalue weighted by molar-refractivity contribution is 0.111. The molecule has 0 atom stereocenters. The molecule has 0 fully saturated rings. The van der Waals surface area contributed by atoms with Gasteiger partial charge in [-0.15, -0.1) is 0 Å². The molecule has 0 saturated heterocycles. The Balaban J connectivity index is 2.55. The van der Waals surface area contributed by atoms with E-state index in [9.17, 15) is 4.79 Å². The Morgan fingerprint density at radius 2 is 2.06 bits per heavy atom. The van der Waals surface area contributed by atoms with Gasteiger partial charge in [-0.3, -0.25) is 9.78 Å². The quantitative estimate of drug-likeness (QED) is 0.791. The molecular formula is C11H8BrN3O. The number of hydrogen-bond donors (Lipinski definition) is 0. The van der Waals surface area contributed by atoms with Gasteiger partial charge in [0.25, 0.3) is 0 Å². The highest BCUT2D eigenvalue weighted by molar-refractivity contribution is 9.10. The molecule has 0 aromatic carbocycles. The van der Waals surface area contributed by atoms with Crippen molar-refractivity contribution in [2.45, 2.75) is 6.92 Å². The standard InChI is InChI=1S/C11H8BrN3O/c1-7-2-10(6-16)15-11(14-7)8-3-9(12)5-13-4-8/h2-6H,1H3. The first-order valence-electron chi connectivity index (χ1n) is 4.61. The molecule has 0 aliphatic rings. The molecule has 0 spiro atoms. The number of pyridine rings is 1. The van der Waals surface area contributed by atoms with Crippen molar-refractivity contribution in [3.63, 3.8) is 0 Å². The van der Waals surface area contributed by atoms with Gasteiger partial charge in [-0.05, 0) is 35.0 Å². The second kappa shape index (κ2) is 4.49. The van der Waals surface area contributed by atoms with E-state index in [1.165, 1.54) is 0 Å². The van der Waals surface area contributed by atoms with Gasteiger partial charge >= 0.3 is 0 Å². The minimum absolute atomic E-state index is 0.377. The number of carbonyl (C=O) groups is 1. The Morgan fingerprint density at radius 1 is 1.25 bits per heavy atom. The van der Waals surface area contributed by atoms with Gasteiger partial charge in [0, 0.05) is 28.1 Å². The molecule has 16 heavy (non-hydrogen) atoms. The topological polar surface area (TPSA) is 55.7 Å². The Bertz CT molecular complexity index is 543. The van der Waals surface area contributed by atoms with Crippen LogP contribution in [0, 0.1) is 6.92 Å². The Morgan fingerprint density at radius 3 is 2.75 bits per heavy atom. The second-order valence-corrected chi connectivity index (χ2v) is 4.18. The number of nitrogens with zero attached hydrogens (tertiary/aromatic N) is 3. The molecule has 0 unspecified atom stereocenters. The summed E-state index contributed by atoms with van der Waals surface area (Å²) in [7, 11) is 0. The van der Waals surface area contributed by atoms with E-state index in [0.29, 0.717) is 17.8 Å². The van der Waals surface area contributed by atoms with E-state index >= 15 is 0 Å². The van der Waals surface area contributed by atoms with Gasteiger partial charge in [0.1, 0.15) is 5.69 Å². The molecular weight excluding hydrogens is 270 g/mol. The average Bonchev–Trinajstić information content (AvgIpc) is 2.28. The van der Waals surface area contributed by atoms with E-state index in [2.05, 4.69) is 30.9 Å². The lowest BCUT2D eigenvalue weighted by Gasteiger charge is -2.02. The molecule has 0 radical (unpaired) electrons. The predicted octanol–water partition coefficient (Wildman–Crippen LogP) is 2.42. The molecule has 0 amide bonds. The smallest absolute Gasteiger partial charge is 0.168 e. The van der Waals surface area contributed by atoms with E-state index < -0.39 is 0 Å². The summed E-state index contributed by atoms with van der Waals surface area (Å²) in [5.74, 6) is 0.510. The monoisotopic (exact) mass is 277 g/mol. The molecule has 2 aromatic rings. The lowest BCUT2D eigenvalue weighted by atomic mass is 10.2. The highest BCUT2D eigenvalue weighted by Crippen LogP contribution is 2.18. The van der Waals surface area contributed by atoms with Crippen molar-refractivity contribution in [2.24, 2.45) is 0 Å². The maximum Gasteiger partial charge on any atom is 0.168 e. The van der Waals surface area contributed by atoms with Crippen LogP contribution in [0.5, 0.6) is 0 Å². The zero-order valence-electron chi connectivity index (χ0n) is 8.51. The molecule has 0 N–H and O–H groups in total. The Hall–Kier alpha value is -1.62. The van der Waals surface area contributed by atoms with E-state index in [-0.39, 0.29) is 0 Å². The third kappa shape index (κ3) is 2.30. The van der Waals surface area contributed by atoms with Crippen molar-refractivity contribution in [1.29, 1.82) is 0 Å². The largest absolute Gasteiger partial charge is 0.296 e. The SMILES string of the molecule is Cc1cc(C=O)nc(-c2cncc(Br)c2)n1. The molecule has 0 aliphatic heterocycles. The van der Waals surface area contributed by atoms with Crippen molar-refractivity contribution in [1.82, 2.24) is 15.0 Å². The first-order valence-corrected chi connectivity index (χ1v) is 5.40. The lowest BCUT2D eigenvalue weighted by Crippen LogP contribution is -1.97. The van der Waals surface area contributed by atoms with Gasteiger partial charge in [0.15, 0.2) is 12.1 Å². The Labute approximate surface area is 101 Å². The molecule has 4 nitrogen and oxygen atoms in total.